The van der Waals surface area contributed by atoms with Crippen LogP contribution in [0, 0.1) is 5.82 Å². The molecule has 0 bridgehead atoms. The minimum atomic E-state index is -0.332. The summed E-state index contributed by atoms with van der Waals surface area (Å²) in [6, 6.07) is 5.93. The smallest absolute Gasteiger partial charge is 0.224 e. The van der Waals surface area contributed by atoms with Gasteiger partial charge in [0, 0.05) is 12.1 Å². The van der Waals surface area contributed by atoms with Crippen molar-refractivity contribution < 1.29 is 9.18 Å². The highest BCUT2D eigenvalue weighted by atomic mass is 19.1. The van der Waals surface area contributed by atoms with Crippen LogP contribution in [0.25, 0.3) is 0 Å². The van der Waals surface area contributed by atoms with Gasteiger partial charge in [0.2, 0.25) is 5.91 Å². The molecule has 0 aliphatic rings. The summed E-state index contributed by atoms with van der Waals surface area (Å²) in [5, 5.41) is 2.66. The first kappa shape index (κ1) is 11.7. The Kier molecular flexibility index (Phi) is 4.81. The number of rotatable bonds is 5. The van der Waals surface area contributed by atoms with Gasteiger partial charge in [-0.2, -0.15) is 0 Å². The molecule has 0 aromatic heterocycles. The molecule has 0 fully saturated rings. The van der Waals surface area contributed by atoms with Crippen LogP contribution in [-0.2, 0) is 4.79 Å². The summed E-state index contributed by atoms with van der Waals surface area (Å²) < 4.78 is 12.8. The fourth-order valence-electron chi connectivity index (χ4n) is 1.33. The predicted molar refractivity (Wildman–Crippen MR) is 59.2 cm³/mol. The van der Waals surface area contributed by atoms with Crippen molar-refractivity contribution in [3.05, 3.63) is 30.1 Å². The minimum Gasteiger partial charge on any atom is -0.326 e. The summed E-state index contributed by atoms with van der Waals surface area (Å²) in [4.78, 5) is 11.4. The van der Waals surface area contributed by atoms with Gasteiger partial charge < -0.3 is 5.32 Å². The lowest BCUT2D eigenvalue weighted by atomic mass is 10.2. The van der Waals surface area contributed by atoms with Gasteiger partial charge in [-0.1, -0.05) is 25.8 Å². The Morgan fingerprint density at radius 2 is 2.20 bits per heavy atom. The van der Waals surface area contributed by atoms with Gasteiger partial charge in [0.15, 0.2) is 0 Å². The average Bonchev–Trinajstić information content (AvgIpc) is 2.18. The molecule has 2 nitrogen and oxygen atoms in total. The monoisotopic (exact) mass is 209 g/mol. The van der Waals surface area contributed by atoms with E-state index in [0.717, 1.165) is 19.3 Å². The standard InChI is InChI=1S/C12H16FNO/c1-2-3-4-8-12(15)14-11-7-5-6-10(13)9-11/h5-7,9H,2-4,8H2,1H3,(H,14,15). The summed E-state index contributed by atoms with van der Waals surface area (Å²) in [7, 11) is 0. The van der Waals surface area contributed by atoms with Crippen LogP contribution >= 0.6 is 0 Å². The molecular weight excluding hydrogens is 193 g/mol. The van der Waals surface area contributed by atoms with Crippen molar-refractivity contribution >= 4 is 11.6 Å². The number of carbonyl (C=O) groups excluding carboxylic acids is 1. The zero-order valence-corrected chi connectivity index (χ0v) is 8.92. The molecule has 0 heterocycles. The molecule has 0 aliphatic heterocycles. The summed E-state index contributed by atoms with van der Waals surface area (Å²) >= 11 is 0. The first-order valence-corrected chi connectivity index (χ1v) is 5.28. The highest BCUT2D eigenvalue weighted by Gasteiger charge is 2.02. The largest absolute Gasteiger partial charge is 0.326 e. The maximum atomic E-state index is 12.8. The van der Waals surface area contributed by atoms with E-state index >= 15 is 0 Å². The van der Waals surface area contributed by atoms with Crippen molar-refractivity contribution in [2.24, 2.45) is 0 Å². The third-order valence-corrected chi connectivity index (χ3v) is 2.12. The second kappa shape index (κ2) is 6.17. The van der Waals surface area contributed by atoms with Crippen molar-refractivity contribution in [3.8, 4) is 0 Å². The summed E-state index contributed by atoms with van der Waals surface area (Å²) in [5.74, 6) is -0.379. The van der Waals surface area contributed by atoms with E-state index in [1.165, 1.54) is 12.1 Å². The quantitative estimate of drug-likeness (QED) is 0.740. The molecule has 1 aromatic rings. The van der Waals surface area contributed by atoms with Crippen LogP contribution in [0.1, 0.15) is 32.6 Å². The molecule has 0 atom stereocenters. The van der Waals surface area contributed by atoms with Crippen LogP contribution in [0.15, 0.2) is 24.3 Å². The molecule has 0 radical (unpaired) electrons. The summed E-state index contributed by atoms with van der Waals surface area (Å²) in [6.45, 7) is 2.09. The third kappa shape index (κ3) is 4.58. The number of unbranched alkanes of at least 4 members (excludes halogenated alkanes) is 2. The van der Waals surface area contributed by atoms with Crippen LogP contribution in [0.5, 0.6) is 0 Å². The number of nitrogens with one attached hydrogen (secondary N) is 1. The number of benzene rings is 1. The predicted octanol–water partition coefficient (Wildman–Crippen LogP) is 3.34. The van der Waals surface area contributed by atoms with Crippen molar-refractivity contribution in [2.75, 3.05) is 5.32 Å². The Morgan fingerprint density at radius 3 is 2.87 bits per heavy atom. The van der Waals surface area contributed by atoms with Crippen molar-refractivity contribution in [3.63, 3.8) is 0 Å². The molecule has 1 N–H and O–H groups in total. The number of hydrogen-bond acceptors (Lipinski definition) is 1. The lowest BCUT2D eigenvalue weighted by Gasteiger charge is -2.04. The minimum absolute atomic E-state index is 0.0472. The second-order valence-electron chi connectivity index (χ2n) is 3.52. The van der Waals surface area contributed by atoms with Crippen molar-refractivity contribution in [1.82, 2.24) is 0 Å². The number of halogens is 1. The normalized spacial score (nSPS) is 10.0. The van der Waals surface area contributed by atoms with Crippen LogP contribution < -0.4 is 5.32 Å². The highest BCUT2D eigenvalue weighted by molar-refractivity contribution is 5.90. The fourth-order valence-corrected chi connectivity index (χ4v) is 1.33. The zero-order valence-electron chi connectivity index (χ0n) is 8.92. The van der Waals surface area contributed by atoms with E-state index in [9.17, 15) is 9.18 Å². The van der Waals surface area contributed by atoms with Gasteiger partial charge in [0.25, 0.3) is 0 Å². The molecule has 0 aliphatic carbocycles. The Labute approximate surface area is 89.5 Å². The highest BCUT2D eigenvalue weighted by Crippen LogP contribution is 2.10. The van der Waals surface area contributed by atoms with E-state index in [2.05, 4.69) is 12.2 Å². The molecule has 1 aromatic carbocycles. The molecule has 1 amide bonds. The number of anilines is 1. The molecule has 82 valence electrons. The molecular formula is C12H16FNO. The first-order chi connectivity index (χ1) is 7.22. The molecule has 15 heavy (non-hydrogen) atoms. The van der Waals surface area contributed by atoms with E-state index in [4.69, 9.17) is 0 Å². The van der Waals surface area contributed by atoms with Gasteiger partial charge in [-0.15, -0.1) is 0 Å². The number of hydrogen-bond donors (Lipinski definition) is 1. The summed E-state index contributed by atoms with van der Waals surface area (Å²) in [6.07, 6.45) is 3.53. The van der Waals surface area contributed by atoms with Crippen molar-refractivity contribution in [1.29, 1.82) is 0 Å². The molecule has 0 unspecified atom stereocenters. The molecule has 1 rings (SSSR count). The molecule has 3 heteroatoms. The lowest BCUT2D eigenvalue weighted by molar-refractivity contribution is -0.116. The maximum Gasteiger partial charge on any atom is 0.224 e. The third-order valence-electron chi connectivity index (χ3n) is 2.12. The van der Waals surface area contributed by atoms with Crippen molar-refractivity contribution in [2.45, 2.75) is 32.6 Å². The van der Waals surface area contributed by atoms with E-state index in [0.29, 0.717) is 12.1 Å². The van der Waals surface area contributed by atoms with E-state index in [-0.39, 0.29) is 11.7 Å². The lowest BCUT2D eigenvalue weighted by Crippen LogP contribution is -2.10. The Bertz CT molecular complexity index is 325. The first-order valence-electron chi connectivity index (χ1n) is 5.28. The zero-order chi connectivity index (χ0) is 11.1. The van der Waals surface area contributed by atoms with Gasteiger partial charge in [0.1, 0.15) is 5.82 Å². The molecule has 0 saturated heterocycles. The van der Waals surface area contributed by atoms with E-state index in [1.54, 1.807) is 12.1 Å². The SMILES string of the molecule is CCCCCC(=O)Nc1cccc(F)c1. The van der Waals surface area contributed by atoms with Gasteiger partial charge in [-0.3, -0.25) is 4.79 Å². The topological polar surface area (TPSA) is 29.1 Å². The Morgan fingerprint density at radius 1 is 1.40 bits per heavy atom. The summed E-state index contributed by atoms with van der Waals surface area (Å²) in [5.41, 5.74) is 0.525. The average molecular weight is 209 g/mol. The van der Waals surface area contributed by atoms with Crippen LogP contribution in [0.4, 0.5) is 10.1 Å². The maximum absolute atomic E-state index is 12.8. The van der Waals surface area contributed by atoms with Gasteiger partial charge in [0.05, 0.1) is 0 Å². The van der Waals surface area contributed by atoms with E-state index in [1.807, 2.05) is 0 Å². The van der Waals surface area contributed by atoms with Crippen LogP contribution in [0.3, 0.4) is 0 Å². The van der Waals surface area contributed by atoms with Gasteiger partial charge >= 0.3 is 0 Å². The number of carbonyl (C=O) groups is 1. The second-order valence-corrected chi connectivity index (χ2v) is 3.52. The Hall–Kier alpha value is -1.38. The fraction of sp³-hybridized carbons (Fsp3) is 0.417. The number of amides is 1. The van der Waals surface area contributed by atoms with Gasteiger partial charge in [-0.05, 0) is 24.6 Å². The van der Waals surface area contributed by atoms with Crippen LogP contribution in [-0.4, -0.2) is 5.91 Å². The van der Waals surface area contributed by atoms with Gasteiger partial charge in [-0.25, -0.2) is 4.39 Å². The van der Waals surface area contributed by atoms with Crippen LogP contribution in [0.2, 0.25) is 0 Å². The molecule has 0 spiro atoms. The van der Waals surface area contributed by atoms with E-state index < -0.39 is 0 Å². The Balaban J connectivity index is 2.37. The molecule has 0 saturated carbocycles.